The minimum Gasteiger partial charge on any atom is -0.457 e. The Morgan fingerprint density at radius 1 is 1.10 bits per heavy atom. The molecule has 3 rings (SSSR count). The number of benzene rings is 2. The number of nitrogens with zero attached hydrogens (tertiary/aromatic N) is 1. The molecule has 0 unspecified atom stereocenters. The van der Waals surface area contributed by atoms with E-state index in [0.717, 1.165) is 22.8 Å². The Hall–Kier alpha value is -3.03. The highest BCUT2D eigenvalue weighted by atomic mass is 32.2. The number of nitrogens with two attached hydrogens (primary N) is 1. The Bertz CT molecular complexity index is 993. The van der Waals surface area contributed by atoms with E-state index in [1.54, 1.807) is 31.0 Å². The largest absolute Gasteiger partial charge is 0.457 e. The highest BCUT2D eigenvalue weighted by Gasteiger charge is 2.11. The summed E-state index contributed by atoms with van der Waals surface area (Å²) < 4.78 is 10.9. The van der Waals surface area contributed by atoms with E-state index < -0.39 is 0 Å². The summed E-state index contributed by atoms with van der Waals surface area (Å²) in [5, 5.41) is 2.86. The SMILES string of the molecule is CCSc1cccc(Oc2ccc(CNC(=O)c3ccc(COC)nc3N)cc2)c1. The number of nitrogen functional groups attached to an aromatic ring is 1. The summed E-state index contributed by atoms with van der Waals surface area (Å²) in [6.45, 7) is 2.85. The molecule has 0 spiro atoms. The zero-order valence-electron chi connectivity index (χ0n) is 17.1. The third-order valence-corrected chi connectivity index (χ3v) is 5.12. The molecule has 6 nitrogen and oxygen atoms in total. The van der Waals surface area contributed by atoms with E-state index in [1.165, 1.54) is 4.90 Å². The van der Waals surface area contributed by atoms with Crippen molar-refractivity contribution >= 4 is 23.5 Å². The fourth-order valence-corrected chi connectivity index (χ4v) is 3.53. The van der Waals surface area contributed by atoms with E-state index in [9.17, 15) is 4.79 Å². The summed E-state index contributed by atoms with van der Waals surface area (Å²) in [6.07, 6.45) is 0. The topological polar surface area (TPSA) is 86.5 Å². The second-order valence-corrected chi connectivity index (χ2v) is 7.84. The molecule has 2 aromatic carbocycles. The lowest BCUT2D eigenvalue weighted by atomic mass is 10.2. The molecule has 1 amide bonds. The van der Waals surface area contributed by atoms with Crippen LogP contribution in [0.15, 0.2) is 65.6 Å². The number of amides is 1. The number of hydrogen-bond donors (Lipinski definition) is 2. The first-order valence-corrected chi connectivity index (χ1v) is 10.6. The maximum absolute atomic E-state index is 12.4. The van der Waals surface area contributed by atoms with Crippen LogP contribution in [-0.4, -0.2) is 23.8 Å². The van der Waals surface area contributed by atoms with Gasteiger partial charge in [0.1, 0.15) is 17.3 Å². The Labute approximate surface area is 180 Å². The smallest absolute Gasteiger partial charge is 0.255 e. The standard InChI is InChI=1S/C23H25N3O3S/c1-3-30-20-6-4-5-19(13-20)29-18-10-7-16(8-11-18)14-25-23(27)21-12-9-17(15-28-2)26-22(21)24/h4-13H,3,14-15H2,1-2H3,(H2,24,26)(H,25,27). The molecule has 1 aromatic heterocycles. The fraction of sp³-hybridized carbons (Fsp3) is 0.217. The average Bonchev–Trinajstić information content (AvgIpc) is 2.74. The second-order valence-electron chi connectivity index (χ2n) is 6.50. The lowest BCUT2D eigenvalue weighted by Crippen LogP contribution is -2.24. The van der Waals surface area contributed by atoms with Crippen LogP contribution in [0.25, 0.3) is 0 Å². The van der Waals surface area contributed by atoms with Crippen LogP contribution in [0.2, 0.25) is 0 Å². The second kappa shape index (κ2) is 10.7. The molecule has 0 aliphatic rings. The van der Waals surface area contributed by atoms with Gasteiger partial charge in [-0.1, -0.05) is 25.1 Å². The van der Waals surface area contributed by atoms with Crippen LogP contribution in [0.5, 0.6) is 11.5 Å². The predicted molar refractivity (Wildman–Crippen MR) is 120 cm³/mol. The van der Waals surface area contributed by atoms with Crippen LogP contribution in [0.3, 0.4) is 0 Å². The molecule has 0 fully saturated rings. The van der Waals surface area contributed by atoms with Gasteiger partial charge in [0, 0.05) is 18.6 Å². The van der Waals surface area contributed by atoms with Crippen LogP contribution < -0.4 is 15.8 Å². The first-order chi connectivity index (χ1) is 14.6. The Balaban J connectivity index is 1.57. The zero-order chi connectivity index (χ0) is 21.3. The summed E-state index contributed by atoms with van der Waals surface area (Å²) in [7, 11) is 1.58. The number of hydrogen-bond acceptors (Lipinski definition) is 6. The van der Waals surface area contributed by atoms with Crippen LogP contribution in [0.4, 0.5) is 5.82 Å². The highest BCUT2D eigenvalue weighted by molar-refractivity contribution is 7.99. The predicted octanol–water partition coefficient (Wildman–Crippen LogP) is 4.64. The summed E-state index contributed by atoms with van der Waals surface area (Å²) in [5.74, 6) is 2.48. The molecule has 3 aromatic rings. The zero-order valence-corrected chi connectivity index (χ0v) is 17.9. The van der Waals surface area contributed by atoms with Crippen molar-refractivity contribution in [1.29, 1.82) is 0 Å². The van der Waals surface area contributed by atoms with E-state index in [1.807, 2.05) is 42.5 Å². The summed E-state index contributed by atoms with van der Waals surface area (Å²) in [4.78, 5) is 17.8. The number of carbonyl (C=O) groups is 1. The number of carbonyl (C=O) groups excluding carboxylic acids is 1. The number of ether oxygens (including phenoxy) is 2. The number of aromatic nitrogens is 1. The summed E-state index contributed by atoms with van der Waals surface area (Å²) in [5.41, 5.74) is 7.88. The highest BCUT2D eigenvalue weighted by Crippen LogP contribution is 2.26. The van der Waals surface area contributed by atoms with Gasteiger partial charge in [-0.25, -0.2) is 4.98 Å². The quantitative estimate of drug-likeness (QED) is 0.488. The molecular formula is C23H25N3O3S. The summed E-state index contributed by atoms with van der Waals surface area (Å²) >= 11 is 1.77. The van der Waals surface area contributed by atoms with Gasteiger partial charge in [0.2, 0.25) is 0 Å². The van der Waals surface area contributed by atoms with Gasteiger partial charge in [-0.3, -0.25) is 4.79 Å². The van der Waals surface area contributed by atoms with Gasteiger partial charge < -0.3 is 20.5 Å². The van der Waals surface area contributed by atoms with Gasteiger partial charge in [0.05, 0.1) is 17.9 Å². The third kappa shape index (κ3) is 5.98. The number of thioether (sulfide) groups is 1. The van der Waals surface area contributed by atoms with E-state index in [4.69, 9.17) is 15.2 Å². The minimum atomic E-state index is -0.269. The molecule has 0 radical (unpaired) electrons. The van der Waals surface area contributed by atoms with Crippen molar-refractivity contribution in [3.05, 3.63) is 77.5 Å². The van der Waals surface area contributed by atoms with Crippen LogP contribution in [-0.2, 0) is 17.9 Å². The number of rotatable bonds is 9. The molecule has 3 N–H and O–H groups in total. The molecule has 1 heterocycles. The van der Waals surface area contributed by atoms with Gasteiger partial charge in [0.15, 0.2) is 0 Å². The van der Waals surface area contributed by atoms with E-state index in [2.05, 4.69) is 23.3 Å². The van der Waals surface area contributed by atoms with Gasteiger partial charge in [-0.15, -0.1) is 11.8 Å². The maximum Gasteiger partial charge on any atom is 0.255 e. The van der Waals surface area contributed by atoms with E-state index in [-0.39, 0.29) is 11.7 Å². The van der Waals surface area contributed by atoms with Crippen molar-refractivity contribution in [3.8, 4) is 11.5 Å². The van der Waals surface area contributed by atoms with Gasteiger partial charge in [-0.2, -0.15) is 0 Å². The fourth-order valence-electron chi connectivity index (χ4n) is 2.82. The van der Waals surface area contributed by atoms with Crippen molar-refractivity contribution < 1.29 is 14.3 Å². The van der Waals surface area contributed by atoms with Crippen molar-refractivity contribution in [1.82, 2.24) is 10.3 Å². The monoisotopic (exact) mass is 423 g/mol. The molecular weight excluding hydrogens is 398 g/mol. The van der Waals surface area contributed by atoms with E-state index >= 15 is 0 Å². The average molecular weight is 424 g/mol. The molecule has 156 valence electrons. The number of methoxy groups -OCH3 is 1. The number of nitrogens with one attached hydrogen (secondary N) is 1. The Morgan fingerprint density at radius 3 is 2.60 bits per heavy atom. The van der Waals surface area contributed by atoms with Crippen molar-refractivity contribution in [2.45, 2.75) is 25.0 Å². The molecule has 0 aliphatic carbocycles. The molecule has 0 bridgehead atoms. The molecule has 0 saturated heterocycles. The molecule has 0 atom stereocenters. The lowest BCUT2D eigenvalue weighted by molar-refractivity contribution is 0.0951. The minimum absolute atomic E-state index is 0.189. The van der Waals surface area contributed by atoms with Crippen LogP contribution in [0, 0.1) is 0 Å². The first kappa shape index (κ1) is 21.7. The first-order valence-electron chi connectivity index (χ1n) is 9.61. The third-order valence-electron chi connectivity index (χ3n) is 4.25. The van der Waals surface area contributed by atoms with Crippen molar-refractivity contribution in [3.63, 3.8) is 0 Å². The number of anilines is 1. The number of pyridine rings is 1. The van der Waals surface area contributed by atoms with Crippen molar-refractivity contribution in [2.24, 2.45) is 0 Å². The van der Waals surface area contributed by atoms with Gasteiger partial charge in [0.25, 0.3) is 5.91 Å². The molecule has 30 heavy (non-hydrogen) atoms. The molecule has 0 aliphatic heterocycles. The molecule has 0 saturated carbocycles. The molecule has 7 heteroatoms. The van der Waals surface area contributed by atoms with Gasteiger partial charge in [-0.05, 0) is 53.8 Å². The lowest BCUT2D eigenvalue weighted by Gasteiger charge is -2.10. The Kier molecular flexibility index (Phi) is 7.70. The van der Waals surface area contributed by atoms with Crippen molar-refractivity contribution in [2.75, 3.05) is 18.6 Å². The van der Waals surface area contributed by atoms with E-state index in [0.29, 0.717) is 24.4 Å². The maximum atomic E-state index is 12.4. The van der Waals surface area contributed by atoms with Crippen LogP contribution in [0.1, 0.15) is 28.5 Å². The van der Waals surface area contributed by atoms with Gasteiger partial charge >= 0.3 is 0 Å². The van der Waals surface area contributed by atoms with Crippen LogP contribution >= 0.6 is 11.8 Å². The Morgan fingerprint density at radius 2 is 1.90 bits per heavy atom. The summed E-state index contributed by atoms with van der Waals surface area (Å²) in [6, 6.07) is 19.0. The normalized spacial score (nSPS) is 10.6.